The van der Waals surface area contributed by atoms with E-state index in [1.807, 2.05) is 13.8 Å². The van der Waals surface area contributed by atoms with Gasteiger partial charge in [-0.25, -0.2) is 12.8 Å². The predicted molar refractivity (Wildman–Crippen MR) is 151 cm³/mol. The van der Waals surface area contributed by atoms with E-state index in [0.29, 0.717) is 29.8 Å². The molecule has 1 N–H and O–H groups in total. The van der Waals surface area contributed by atoms with Crippen LogP contribution >= 0.6 is 0 Å². The number of rotatable bonds is 7. The molecule has 2 saturated carbocycles. The first kappa shape index (κ1) is 35.0. The Morgan fingerprint density at radius 1 is 0.800 bits per heavy atom. The molecule has 2 aromatic heterocycles. The molecule has 0 aromatic carbocycles. The maximum atomic E-state index is 10.6. The summed E-state index contributed by atoms with van der Waals surface area (Å²) in [6.45, 7) is 11.7. The number of piperidine rings is 2. The fraction of sp³-hybridized carbons (Fsp3) is 0.786. The molecule has 10 nitrogen and oxygen atoms in total. The molecule has 2 saturated heterocycles. The molecule has 0 radical (unpaired) electrons. The van der Waals surface area contributed by atoms with Gasteiger partial charge < -0.3 is 52.1 Å². The first-order valence-electron chi connectivity index (χ1n) is 14.5. The van der Waals surface area contributed by atoms with Crippen LogP contribution in [0.25, 0.3) is 0 Å². The number of aliphatic hydroxyl groups is 1. The van der Waals surface area contributed by atoms with Crippen molar-refractivity contribution in [3.63, 3.8) is 0 Å². The topological polar surface area (TPSA) is 122 Å². The third-order valence-corrected chi connectivity index (χ3v) is 7.58. The van der Waals surface area contributed by atoms with Crippen molar-refractivity contribution in [3.8, 4) is 0 Å². The van der Waals surface area contributed by atoms with E-state index in [9.17, 15) is 9.90 Å². The summed E-state index contributed by atoms with van der Waals surface area (Å²) >= 11 is 0. The van der Waals surface area contributed by atoms with E-state index in [4.69, 9.17) is 9.05 Å². The minimum absolute atomic E-state index is 0. The smallest absolute Gasteiger partial charge is 1.00 e. The summed E-state index contributed by atoms with van der Waals surface area (Å²) in [6, 6.07) is 1.23. The number of carbonyl (C=O) groups excluding carboxylic acids is 1. The van der Waals surface area contributed by atoms with Gasteiger partial charge in [0.25, 0.3) is 0 Å². The summed E-state index contributed by atoms with van der Waals surface area (Å²) in [4.78, 5) is 23.6. The standard InChI is InChI=1S/C14H23N3O2.C11H17N3O2.C3H5.BrH.Mg/c1-9(2)13-15-14(19-16-13)17-7-5-11(6-8-17)12(18)10-3-4-10;1-8(2)10-12-11(16-13-10)14-5-3-9(7-15)4-6-14;1-2-3-1;;/h9-12,18H,3-8H2,1-2H3;7-9H,3-6H2,1-2H3;1H,2-3H2;1H;/q;;-1;;+2/p-1. The van der Waals surface area contributed by atoms with Gasteiger partial charge in [-0.3, -0.25) is 0 Å². The van der Waals surface area contributed by atoms with Crippen LogP contribution in [0.2, 0.25) is 0 Å². The van der Waals surface area contributed by atoms with E-state index < -0.39 is 0 Å². The molecule has 1 atom stereocenters. The Bertz CT molecular complexity index is 980. The number of halogens is 1. The number of aliphatic hydroxyl groups excluding tert-OH is 1. The van der Waals surface area contributed by atoms with Crippen molar-refractivity contribution in [2.75, 3.05) is 36.0 Å². The molecule has 12 heteroatoms. The molecular formula is C28H45BrMgN6O4. The summed E-state index contributed by atoms with van der Waals surface area (Å²) < 4.78 is 10.5. The molecule has 4 heterocycles. The van der Waals surface area contributed by atoms with Gasteiger partial charge in [0.15, 0.2) is 11.6 Å². The number of nitrogens with zero attached hydrogens (tertiary/aromatic N) is 6. The summed E-state index contributed by atoms with van der Waals surface area (Å²) in [5, 5.41) is 18.1. The van der Waals surface area contributed by atoms with E-state index in [1.54, 1.807) is 0 Å². The summed E-state index contributed by atoms with van der Waals surface area (Å²) in [5.74, 6) is 3.33. The van der Waals surface area contributed by atoms with E-state index >= 15 is 0 Å². The number of carbonyl (C=O) groups is 1. The zero-order valence-electron chi connectivity index (χ0n) is 24.5. The van der Waals surface area contributed by atoms with E-state index in [1.165, 1.54) is 25.7 Å². The second-order valence-electron chi connectivity index (χ2n) is 11.7. The Labute approximate surface area is 265 Å². The molecule has 2 aliphatic carbocycles. The fourth-order valence-electron chi connectivity index (χ4n) is 4.66. The van der Waals surface area contributed by atoms with Crippen LogP contribution in [0.3, 0.4) is 0 Å². The number of aldehydes is 1. The van der Waals surface area contributed by atoms with Crippen LogP contribution in [-0.4, -0.2) is 87.0 Å². The molecule has 1 unspecified atom stereocenters. The second kappa shape index (κ2) is 17.0. The number of aromatic nitrogens is 4. The molecule has 4 aliphatic rings. The number of hydrogen-bond acceptors (Lipinski definition) is 10. The van der Waals surface area contributed by atoms with Crippen molar-refractivity contribution >= 4 is 41.4 Å². The van der Waals surface area contributed by atoms with Crippen LogP contribution < -0.4 is 26.8 Å². The first-order chi connectivity index (χ1) is 18.4. The summed E-state index contributed by atoms with van der Waals surface area (Å²) in [5.41, 5.74) is 0. The molecule has 2 aromatic rings. The van der Waals surface area contributed by atoms with Crippen molar-refractivity contribution < 1.29 is 35.9 Å². The Morgan fingerprint density at radius 2 is 1.20 bits per heavy atom. The number of hydrogen-bond donors (Lipinski definition) is 1. The normalized spacial score (nSPS) is 20.0. The van der Waals surface area contributed by atoms with Crippen LogP contribution in [-0.2, 0) is 4.79 Å². The predicted octanol–water partition coefficient (Wildman–Crippen LogP) is 1.40. The van der Waals surface area contributed by atoms with E-state index in [-0.39, 0.29) is 58.0 Å². The zero-order chi connectivity index (χ0) is 27.1. The van der Waals surface area contributed by atoms with Crippen LogP contribution in [0.1, 0.15) is 103 Å². The van der Waals surface area contributed by atoms with Gasteiger partial charge in [0, 0.05) is 43.9 Å². The molecule has 220 valence electrons. The quantitative estimate of drug-likeness (QED) is 0.272. The Hall–Kier alpha value is -1.24. The van der Waals surface area contributed by atoms with Crippen molar-refractivity contribution in [1.29, 1.82) is 0 Å². The number of anilines is 2. The maximum Gasteiger partial charge on any atom is 2.00 e. The Balaban J connectivity index is 0.000000245. The van der Waals surface area contributed by atoms with Crippen LogP contribution in [0.15, 0.2) is 9.05 Å². The van der Waals surface area contributed by atoms with Crippen molar-refractivity contribution in [3.05, 3.63) is 18.1 Å². The monoisotopic (exact) mass is 632 g/mol. The Morgan fingerprint density at radius 3 is 1.52 bits per heavy atom. The minimum Gasteiger partial charge on any atom is -1.00 e. The first-order valence-corrected chi connectivity index (χ1v) is 14.5. The van der Waals surface area contributed by atoms with Gasteiger partial charge in [-0.05, 0) is 50.4 Å². The molecule has 2 aliphatic heterocycles. The average molecular weight is 634 g/mol. The maximum absolute atomic E-state index is 10.6. The van der Waals surface area contributed by atoms with Gasteiger partial charge >= 0.3 is 35.1 Å². The zero-order valence-corrected chi connectivity index (χ0v) is 27.5. The van der Waals surface area contributed by atoms with Crippen molar-refractivity contribution in [2.45, 2.75) is 97.0 Å². The van der Waals surface area contributed by atoms with Crippen molar-refractivity contribution in [2.24, 2.45) is 17.8 Å². The molecule has 40 heavy (non-hydrogen) atoms. The van der Waals surface area contributed by atoms with Crippen molar-refractivity contribution in [1.82, 2.24) is 20.3 Å². The molecule has 0 amide bonds. The molecule has 4 fully saturated rings. The van der Waals surface area contributed by atoms with Gasteiger partial charge in [0.05, 0.1) is 6.10 Å². The summed E-state index contributed by atoms with van der Waals surface area (Å²) in [7, 11) is 0. The van der Waals surface area contributed by atoms with E-state index in [2.05, 4.69) is 50.3 Å². The van der Waals surface area contributed by atoms with Crippen LogP contribution in [0.5, 0.6) is 0 Å². The average Bonchev–Trinajstić information content (AvgIpc) is 3.89. The second-order valence-corrected chi connectivity index (χ2v) is 11.7. The minimum atomic E-state index is -0.0870. The van der Waals surface area contributed by atoms with Gasteiger partial charge in [0.1, 0.15) is 6.29 Å². The van der Waals surface area contributed by atoms with E-state index in [0.717, 1.165) is 69.8 Å². The third-order valence-electron chi connectivity index (χ3n) is 7.58. The SMILES string of the molecule is CC(C)c1noc(N2CCC(C(O)C3CC3)CC2)n1.CC(C)c1noc(N2CCC(C=O)CC2)n1.[Br-].[CH-]1CC1.[Mg+2]. The molecule has 6 rings (SSSR count). The fourth-order valence-corrected chi connectivity index (χ4v) is 4.66. The van der Waals surface area contributed by atoms with Gasteiger partial charge in [-0.2, -0.15) is 9.97 Å². The van der Waals surface area contributed by atoms with Gasteiger partial charge in [-0.15, -0.1) is 0 Å². The van der Waals surface area contributed by atoms with Gasteiger partial charge in [-0.1, -0.05) is 38.0 Å². The molecule has 0 bridgehead atoms. The Kier molecular flexibility index (Phi) is 14.9. The molecular weight excluding hydrogens is 589 g/mol. The van der Waals surface area contributed by atoms with Crippen LogP contribution in [0, 0.1) is 24.2 Å². The van der Waals surface area contributed by atoms with Crippen LogP contribution in [0.4, 0.5) is 12.0 Å². The largest absolute Gasteiger partial charge is 2.00 e. The summed E-state index contributed by atoms with van der Waals surface area (Å²) in [6.07, 6.45) is 12.2. The molecule has 0 spiro atoms. The van der Waals surface area contributed by atoms with Gasteiger partial charge in [0.2, 0.25) is 0 Å². The third kappa shape index (κ3) is 10.5.